The minimum atomic E-state index is -0.266. The second-order valence-corrected chi connectivity index (χ2v) is 2.62. The molecule has 0 heterocycles. The second-order valence-electron chi connectivity index (χ2n) is 2.62. The summed E-state index contributed by atoms with van der Waals surface area (Å²) >= 11 is 0. The first-order valence-electron chi connectivity index (χ1n) is 4.29. The lowest BCUT2D eigenvalue weighted by Crippen LogP contribution is -2.10. The van der Waals surface area contributed by atoms with E-state index in [4.69, 9.17) is 10.00 Å². The molecule has 0 bridgehead atoms. The van der Waals surface area contributed by atoms with Crippen molar-refractivity contribution in [3.05, 3.63) is 0 Å². The molecule has 0 N–H and O–H groups in total. The molecule has 68 valence electrons. The summed E-state index contributed by atoms with van der Waals surface area (Å²) in [6, 6.07) is 2.09. The van der Waals surface area contributed by atoms with Gasteiger partial charge in [-0.25, -0.2) is 0 Å². The Morgan fingerprint density at radius 2 is 2.25 bits per heavy atom. The van der Waals surface area contributed by atoms with Crippen LogP contribution in [0.4, 0.5) is 0 Å². The van der Waals surface area contributed by atoms with Gasteiger partial charge in [-0.1, -0.05) is 13.3 Å². The van der Waals surface area contributed by atoms with Gasteiger partial charge in [0.1, 0.15) is 0 Å². The van der Waals surface area contributed by atoms with Crippen LogP contribution in [0.2, 0.25) is 0 Å². The third-order valence-corrected chi connectivity index (χ3v) is 1.54. The van der Waals surface area contributed by atoms with Crippen molar-refractivity contribution in [2.24, 2.45) is 5.92 Å². The van der Waals surface area contributed by atoms with Gasteiger partial charge in [-0.15, -0.1) is 0 Å². The van der Waals surface area contributed by atoms with Gasteiger partial charge in [0.25, 0.3) is 0 Å². The Morgan fingerprint density at radius 1 is 1.58 bits per heavy atom. The predicted molar refractivity (Wildman–Crippen MR) is 45.3 cm³/mol. The maximum atomic E-state index is 10.9. The normalized spacial score (nSPS) is 11.8. The zero-order valence-corrected chi connectivity index (χ0v) is 7.67. The van der Waals surface area contributed by atoms with E-state index < -0.39 is 0 Å². The molecular weight excluding hydrogens is 154 g/mol. The van der Waals surface area contributed by atoms with Crippen LogP contribution in [0.15, 0.2) is 0 Å². The molecule has 3 nitrogen and oxygen atoms in total. The molecule has 0 aromatic carbocycles. The average Bonchev–Trinajstić information content (AvgIpc) is 2.04. The van der Waals surface area contributed by atoms with E-state index in [1.165, 1.54) is 0 Å². The Hall–Kier alpha value is -1.04. The number of ether oxygens (including phenoxy) is 1. The first-order valence-corrected chi connectivity index (χ1v) is 4.29. The number of esters is 1. The molecule has 0 radical (unpaired) electrons. The third kappa shape index (κ3) is 4.73. The molecule has 12 heavy (non-hydrogen) atoms. The highest BCUT2D eigenvalue weighted by atomic mass is 16.5. The largest absolute Gasteiger partial charge is 0.466 e. The van der Waals surface area contributed by atoms with Gasteiger partial charge in [-0.2, -0.15) is 5.26 Å². The molecule has 0 amide bonds. The van der Waals surface area contributed by atoms with Gasteiger partial charge >= 0.3 is 5.97 Å². The van der Waals surface area contributed by atoms with Crippen molar-refractivity contribution in [3.8, 4) is 6.07 Å². The second kappa shape index (κ2) is 6.66. The fourth-order valence-electron chi connectivity index (χ4n) is 0.982. The molecule has 0 aromatic rings. The Labute approximate surface area is 73.3 Å². The molecule has 0 unspecified atom stereocenters. The first-order chi connectivity index (χ1) is 5.74. The molecular formula is C9H15NO2. The molecule has 0 rings (SSSR count). The van der Waals surface area contributed by atoms with Gasteiger partial charge in [0.05, 0.1) is 25.0 Å². The quantitative estimate of drug-likeness (QED) is 0.590. The van der Waals surface area contributed by atoms with E-state index in [9.17, 15) is 4.79 Å². The Kier molecular flexibility index (Phi) is 6.08. The van der Waals surface area contributed by atoms with E-state index in [0.717, 1.165) is 12.8 Å². The third-order valence-electron chi connectivity index (χ3n) is 1.54. The van der Waals surface area contributed by atoms with E-state index >= 15 is 0 Å². The van der Waals surface area contributed by atoms with Gasteiger partial charge in [0.15, 0.2) is 0 Å². The smallest absolute Gasteiger partial charge is 0.307 e. The molecule has 0 saturated heterocycles. The fourth-order valence-corrected chi connectivity index (χ4v) is 0.982. The summed E-state index contributed by atoms with van der Waals surface area (Å²) in [6.45, 7) is 4.15. The SMILES string of the molecule is CCC[C@@H](C#N)CC(=O)OCC. The van der Waals surface area contributed by atoms with Gasteiger partial charge in [-0.05, 0) is 13.3 Å². The Balaban J connectivity index is 3.71. The summed E-state index contributed by atoms with van der Waals surface area (Å²) in [4.78, 5) is 10.9. The number of nitriles is 1. The highest BCUT2D eigenvalue weighted by molar-refractivity contribution is 5.70. The zero-order chi connectivity index (χ0) is 9.40. The van der Waals surface area contributed by atoms with Crippen LogP contribution in [-0.4, -0.2) is 12.6 Å². The standard InChI is InChI=1S/C9H15NO2/c1-3-5-8(7-10)6-9(11)12-4-2/h8H,3-6H2,1-2H3/t8-/m1/s1. The van der Waals surface area contributed by atoms with E-state index in [1.54, 1.807) is 6.92 Å². The summed E-state index contributed by atoms with van der Waals surface area (Å²) in [7, 11) is 0. The number of hydrogen-bond acceptors (Lipinski definition) is 3. The molecule has 1 atom stereocenters. The summed E-state index contributed by atoms with van der Waals surface area (Å²) in [6.07, 6.45) is 1.94. The maximum Gasteiger partial charge on any atom is 0.307 e. The fraction of sp³-hybridized carbons (Fsp3) is 0.778. The Morgan fingerprint density at radius 3 is 2.67 bits per heavy atom. The van der Waals surface area contributed by atoms with E-state index in [-0.39, 0.29) is 18.3 Å². The van der Waals surface area contributed by atoms with Crippen LogP contribution < -0.4 is 0 Å². The molecule has 0 aliphatic rings. The minimum Gasteiger partial charge on any atom is -0.466 e. The monoisotopic (exact) mass is 169 g/mol. The summed E-state index contributed by atoms with van der Waals surface area (Å²) in [5.41, 5.74) is 0. The van der Waals surface area contributed by atoms with Crippen LogP contribution in [0.1, 0.15) is 33.1 Å². The first kappa shape index (κ1) is 11.0. The maximum absolute atomic E-state index is 10.9. The molecule has 0 aliphatic carbocycles. The van der Waals surface area contributed by atoms with Crippen molar-refractivity contribution in [2.45, 2.75) is 33.1 Å². The lowest BCUT2D eigenvalue weighted by molar-refractivity contribution is -0.143. The van der Waals surface area contributed by atoms with Gasteiger partial charge in [-0.3, -0.25) is 4.79 Å². The number of nitrogens with zero attached hydrogens (tertiary/aromatic N) is 1. The predicted octanol–water partition coefficient (Wildman–Crippen LogP) is 1.88. The average molecular weight is 169 g/mol. The highest BCUT2D eigenvalue weighted by Gasteiger charge is 2.12. The molecule has 0 aromatic heterocycles. The minimum absolute atomic E-state index is 0.172. The molecule has 0 spiro atoms. The molecule has 3 heteroatoms. The van der Waals surface area contributed by atoms with Crippen molar-refractivity contribution in [1.82, 2.24) is 0 Å². The molecule has 0 fully saturated rings. The van der Waals surface area contributed by atoms with Crippen molar-refractivity contribution in [2.75, 3.05) is 6.61 Å². The van der Waals surface area contributed by atoms with Gasteiger partial charge < -0.3 is 4.74 Å². The van der Waals surface area contributed by atoms with Gasteiger partial charge in [0.2, 0.25) is 0 Å². The van der Waals surface area contributed by atoms with E-state index in [2.05, 4.69) is 6.07 Å². The summed E-state index contributed by atoms with van der Waals surface area (Å²) in [5, 5.41) is 8.62. The van der Waals surface area contributed by atoms with E-state index in [1.807, 2.05) is 6.92 Å². The number of hydrogen-bond donors (Lipinski definition) is 0. The molecule has 0 aliphatic heterocycles. The summed E-state index contributed by atoms with van der Waals surface area (Å²) in [5.74, 6) is -0.438. The molecule has 0 saturated carbocycles. The van der Waals surface area contributed by atoms with Crippen molar-refractivity contribution >= 4 is 5.97 Å². The van der Waals surface area contributed by atoms with Crippen LogP contribution in [0.3, 0.4) is 0 Å². The van der Waals surface area contributed by atoms with Gasteiger partial charge in [0, 0.05) is 0 Å². The lowest BCUT2D eigenvalue weighted by atomic mass is 10.0. The van der Waals surface area contributed by atoms with E-state index in [0.29, 0.717) is 6.61 Å². The highest BCUT2D eigenvalue weighted by Crippen LogP contribution is 2.10. The Bertz CT molecular complexity index is 172. The lowest BCUT2D eigenvalue weighted by Gasteiger charge is -2.05. The van der Waals surface area contributed by atoms with Crippen molar-refractivity contribution in [3.63, 3.8) is 0 Å². The van der Waals surface area contributed by atoms with Crippen LogP contribution in [-0.2, 0) is 9.53 Å². The van der Waals surface area contributed by atoms with Crippen LogP contribution in [0.5, 0.6) is 0 Å². The van der Waals surface area contributed by atoms with Crippen LogP contribution in [0.25, 0.3) is 0 Å². The number of carbonyl (C=O) groups is 1. The topological polar surface area (TPSA) is 50.1 Å². The number of rotatable bonds is 5. The van der Waals surface area contributed by atoms with Crippen molar-refractivity contribution < 1.29 is 9.53 Å². The van der Waals surface area contributed by atoms with Crippen molar-refractivity contribution in [1.29, 1.82) is 5.26 Å². The zero-order valence-electron chi connectivity index (χ0n) is 7.67. The number of carbonyl (C=O) groups excluding carboxylic acids is 1. The van der Waals surface area contributed by atoms with Crippen LogP contribution >= 0.6 is 0 Å². The summed E-state index contributed by atoms with van der Waals surface area (Å²) < 4.78 is 4.73. The van der Waals surface area contributed by atoms with Crippen LogP contribution in [0, 0.1) is 17.2 Å².